The summed E-state index contributed by atoms with van der Waals surface area (Å²) in [5.41, 5.74) is 1.15. The monoisotopic (exact) mass is 463 g/mol. The van der Waals surface area contributed by atoms with Crippen molar-refractivity contribution in [3.8, 4) is 11.5 Å². The fourth-order valence-corrected chi connectivity index (χ4v) is 3.76. The van der Waals surface area contributed by atoms with Crippen molar-refractivity contribution in [3.05, 3.63) is 90.5 Å². The highest BCUT2D eigenvalue weighted by Gasteiger charge is 2.45. The molecular weight excluding hydrogens is 434 g/mol. The number of aliphatic hydroxyl groups is 1. The summed E-state index contributed by atoms with van der Waals surface area (Å²) >= 11 is 0. The van der Waals surface area contributed by atoms with E-state index in [1.54, 1.807) is 67.8 Å². The third-order valence-corrected chi connectivity index (χ3v) is 5.35. The second-order valence-electron chi connectivity index (χ2n) is 7.63. The van der Waals surface area contributed by atoms with Gasteiger partial charge in [-0.1, -0.05) is 37.4 Å². The first kappa shape index (κ1) is 24.8. The van der Waals surface area contributed by atoms with E-state index in [-0.39, 0.29) is 11.3 Å². The van der Waals surface area contributed by atoms with E-state index in [9.17, 15) is 14.7 Å². The van der Waals surface area contributed by atoms with Crippen molar-refractivity contribution < 1.29 is 28.9 Å². The molecule has 1 saturated heterocycles. The molecule has 0 radical (unpaired) electrons. The van der Waals surface area contributed by atoms with Crippen molar-refractivity contribution in [1.29, 1.82) is 0 Å². The molecule has 34 heavy (non-hydrogen) atoms. The average molecular weight is 464 g/mol. The average Bonchev–Trinajstić information content (AvgIpc) is 3.11. The van der Waals surface area contributed by atoms with Crippen LogP contribution in [0.3, 0.4) is 0 Å². The Morgan fingerprint density at radius 3 is 2.06 bits per heavy atom. The van der Waals surface area contributed by atoms with Gasteiger partial charge in [-0.05, 0) is 48.4 Å². The SMILES string of the molecule is C=CCOc1ccc(C(O)=C2C(=O)C(=O)N(CCCOC)[C@H]2c2ccc(OCC=C)cc2)cc1. The van der Waals surface area contributed by atoms with Gasteiger partial charge in [0.05, 0.1) is 11.6 Å². The number of ether oxygens (including phenoxy) is 3. The summed E-state index contributed by atoms with van der Waals surface area (Å²) in [7, 11) is 1.58. The van der Waals surface area contributed by atoms with Crippen LogP contribution in [0.2, 0.25) is 0 Å². The number of amides is 1. The Hall–Kier alpha value is -3.84. The molecule has 1 amide bonds. The molecule has 0 unspecified atom stereocenters. The van der Waals surface area contributed by atoms with E-state index < -0.39 is 17.7 Å². The van der Waals surface area contributed by atoms with Crippen LogP contribution in [-0.4, -0.2) is 55.2 Å². The smallest absolute Gasteiger partial charge is 0.295 e. The summed E-state index contributed by atoms with van der Waals surface area (Å²) in [5.74, 6) is -0.377. The predicted molar refractivity (Wildman–Crippen MR) is 130 cm³/mol. The van der Waals surface area contributed by atoms with Crippen LogP contribution in [0.25, 0.3) is 5.76 Å². The largest absolute Gasteiger partial charge is 0.507 e. The van der Waals surface area contributed by atoms with Gasteiger partial charge in [0.15, 0.2) is 0 Å². The maximum atomic E-state index is 13.1. The molecule has 3 rings (SSSR count). The number of ketones is 1. The second kappa shape index (κ2) is 11.9. The van der Waals surface area contributed by atoms with E-state index in [4.69, 9.17) is 14.2 Å². The van der Waals surface area contributed by atoms with Crippen LogP contribution in [0.4, 0.5) is 0 Å². The van der Waals surface area contributed by atoms with Crippen LogP contribution in [0.1, 0.15) is 23.6 Å². The van der Waals surface area contributed by atoms with Gasteiger partial charge in [0, 0.05) is 25.8 Å². The Bertz CT molecular complexity index is 1060. The van der Waals surface area contributed by atoms with Crippen molar-refractivity contribution >= 4 is 17.4 Å². The molecule has 7 nitrogen and oxygen atoms in total. The van der Waals surface area contributed by atoms with Crippen molar-refractivity contribution in [2.24, 2.45) is 0 Å². The van der Waals surface area contributed by atoms with E-state index in [0.717, 1.165) is 0 Å². The van der Waals surface area contributed by atoms with Gasteiger partial charge in [0.1, 0.15) is 30.5 Å². The van der Waals surface area contributed by atoms with Crippen LogP contribution in [-0.2, 0) is 14.3 Å². The maximum absolute atomic E-state index is 13.1. The van der Waals surface area contributed by atoms with Gasteiger partial charge < -0.3 is 24.2 Å². The van der Waals surface area contributed by atoms with Crippen molar-refractivity contribution in [3.63, 3.8) is 0 Å². The molecule has 0 aliphatic carbocycles. The summed E-state index contributed by atoms with van der Waals surface area (Å²) in [4.78, 5) is 27.5. The minimum Gasteiger partial charge on any atom is -0.507 e. The highest BCUT2D eigenvalue weighted by molar-refractivity contribution is 6.46. The van der Waals surface area contributed by atoms with Gasteiger partial charge in [-0.25, -0.2) is 0 Å². The van der Waals surface area contributed by atoms with E-state index in [0.29, 0.717) is 55.4 Å². The van der Waals surface area contributed by atoms with E-state index in [2.05, 4.69) is 13.2 Å². The molecule has 1 heterocycles. The Kier molecular flexibility index (Phi) is 8.65. The predicted octanol–water partition coefficient (Wildman–Crippen LogP) is 4.27. The quantitative estimate of drug-likeness (QED) is 0.166. The van der Waals surface area contributed by atoms with Gasteiger partial charge in [-0.3, -0.25) is 9.59 Å². The number of likely N-dealkylation sites (tertiary alicyclic amines) is 1. The number of hydrogen-bond donors (Lipinski definition) is 1. The third-order valence-electron chi connectivity index (χ3n) is 5.35. The third kappa shape index (κ3) is 5.55. The number of Topliss-reactive ketones (excluding diaryl/α,β-unsaturated/α-hetero) is 1. The lowest BCUT2D eigenvalue weighted by Gasteiger charge is -2.25. The van der Waals surface area contributed by atoms with Gasteiger partial charge in [-0.15, -0.1) is 0 Å². The Balaban J connectivity index is 2.01. The molecular formula is C27H29NO6. The lowest BCUT2D eigenvalue weighted by molar-refractivity contribution is -0.140. The lowest BCUT2D eigenvalue weighted by Crippen LogP contribution is -2.31. The molecule has 178 valence electrons. The topological polar surface area (TPSA) is 85.3 Å². The van der Waals surface area contributed by atoms with E-state index in [1.807, 2.05) is 0 Å². The Morgan fingerprint density at radius 1 is 0.971 bits per heavy atom. The van der Waals surface area contributed by atoms with Crippen LogP contribution >= 0.6 is 0 Å². The van der Waals surface area contributed by atoms with Crippen LogP contribution in [0.5, 0.6) is 11.5 Å². The maximum Gasteiger partial charge on any atom is 0.295 e. The van der Waals surface area contributed by atoms with Crippen LogP contribution in [0, 0.1) is 0 Å². The van der Waals surface area contributed by atoms with Crippen molar-refractivity contribution in [1.82, 2.24) is 4.90 Å². The first-order valence-corrected chi connectivity index (χ1v) is 11.0. The molecule has 1 aliphatic rings. The van der Waals surface area contributed by atoms with E-state index >= 15 is 0 Å². The van der Waals surface area contributed by atoms with Gasteiger partial charge in [-0.2, -0.15) is 0 Å². The number of carbonyl (C=O) groups is 2. The zero-order valence-corrected chi connectivity index (χ0v) is 19.2. The number of carbonyl (C=O) groups excluding carboxylic acids is 2. The molecule has 0 aromatic heterocycles. The molecule has 1 fully saturated rings. The van der Waals surface area contributed by atoms with Crippen molar-refractivity contribution in [2.45, 2.75) is 12.5 Å². The second-order valence-corrected chi connectivity index (χ2v) is 7.63. The summed E-state index contributed by atoms with van der Waals surface area (Å²) in [5, 5.41) is 11.1. The minimum absolute atomic E-state index is 0.0435. The van der Waals surface area contributed by atoms with Gasteiger partial charge >= 0.3 is 0 Å². The lowest BCUT2D eigenvalue weighted by atomic mass is 9.95. The number of rotatable bonds is 12. The molecule has 1 N–H and O–H groups in total. The summed E-state index contributed by atoms with van der Waals surface area (Å²) in [6.45, 7) is 8.71. The highest BCUT2D eigenvalue weighted by Crippen LogP contribution is 2.40. The highest BCUT2D eigenvalue weighted by atomic mass is 16.5. The zero-order valence-electron chi connectivity index (χ0n) is 19.2. The summed E-state index contributed by atoms with van der Waals surface area (Å²) in [6, 6.07) is 13.0. The molecule has 7 heteroatoms. The first-order chi connectivity index (χ1) is 16.5. The molecule has 0 saturated carbocycles. The number of benzene rings is 2. The molecule has 2 aromatic carbocycles. The zero-order chi connectivity index (χ0) is 24.5. The molecule has 0 bridgehead atoms. The number of hydrogen-bond acceptors (Lipinski definition) is 6. The molecule has 2 aromatic rings. The van der Waals surface area contributed by atoms with Crippen LogP contribution < -0.4 is 9.47 Å². The fourth-order valence-electron chi connectivity index (χ4n) is 3.76. The van der Waals surface area contributed by atoms with Gasteiger partial charge in [0.2, 0.25) is 0 Å². The number of methoxy groups -OCH3 is 1. The fraction of sp³-hybridized carbons (Fsp3) is 0.259. The first-order valence-electron chi connectivity index (χ1n) is 11.0. The van der Waals surface area contributed by atoms with Gasteiger partial charge in [0.25, 0.3) is 11.7 Å². The van der Waals surface area contributed by atoms with E-state index in [1.165, 1.54) is 4.90 Å². The van der Waals surface area contributed by atoms with Crippen molar-refractivity contribution in [2.75, 3.05) is 33.5 Å². The Morgan fingerprint density at radius 2 is 1.53 bits per heavy atom. The normalized spacial score (nSPS) is 17.0. The summed E-state index contributed by atoms with van der Waals surface area (Å²) in [6.07, 6.45) is 3.83. The number of aliphatic hydroxyl groups excluding tert-OH is 1. The minimum atomic E-state index is -0.734. The number of nitrogens with zero attached hydrogens (tertiary/aromatic N) is 1. The molecule has 1 aliphatic heterocycles. The standard InChI is InChI=1S/C27H29NO6/c1-4-16-33-21-11-7-19(8-12-21)24-23(26(30)27(31)28(24)15-6-18-32-3)25(29)20-9-13-22(14-10-20)34-17-5-2/h4-5,7-14,24,29H,1-2,6,15-18H2,3H3/t24-/m0/s1. The Labute approximate surface area is 199 Å². The summed E-state index contributed by atoms with van der Waals surface area (Å²) < 4.78 is 16.1. The van der Waals surface area contributed by atoms with Crippen LogP contribution in [0.15, 0.2) is 79.4 Å². The molecule has 1 atom stereocenters. The molecule has 0 spiro atoms.